The van der Waals surface area contributed by atoms with Crippen molar-refractivity contribution in [2.45, 2.75) is 0 Å². The molecule has 0 amide bonds. The summed E-state index contributed by atoms with van der Waals surface area (Å²) in [6.45, 7) is 0. The molecule has 0 heterocycles. The minimum atomic E-state index is -0.750. The molecule has 0 aromatic heterocycles. The fraction of sp³-hybridized carbons (Fsp3) is 0. The number of hydrogen-bond donors (Lipinski definition) is 0. The average molecular weight is 176 g/mol. The van der Waals surface area contributed by atoms with Crippen LogP contribution >= 0.6 is 34.4 Å². The van der Waals surface area contributed by atoms with Gasteiger partial charge in [0, 0.05) is 16.5 Å². The molecule has 0 saturated carbocycles. The first kappa shape index (κ1) is 9.66. The fourth-order valence-corrected chi connectivity index (χ4v) is 0. The zero-order valence-corrected chi connectivity index (χ0v) is 5.28. The predicted molar refractivity (Wildman–Crippen MR) is 23.3 cm³/mol. The van der Waals surface area contributed by atoms with E-state index in [0.29, 0.717) is 0 Å². The first-order valence-electron chi connectivity index (χ1n) is 0.655. The number of halogens is 3. The normalized spacial score (nSPS) is 5.40. The van der Waals surface area contributed by atoms with Crippen molar-refractivity contribution in [3.8, 4) is 0 Å². The first-order chi connectivity index (χ1) is 1.73. The minimum absolute atomic E-state index is 0. The molecule has 0 aliphatic heterocycles. The van der Waals surface area contributed by atoms with E-state index in [1.165, 1.54) is 0 Å². The van der Waals surface area contributed by atoms with Gasteiger partial charge in [-0.25, -0.2) is 0 Å². The summed E-state index contributed by atoms with van der Waals surface area (Å²) in [5.41, 5.74) is 0. The van der Waals surface area contributed by atoms with Crippen molar-refractivity contribution in [2.75, 3.05) is 0 Å². The third-order valence-corrected chi connectivity index (χ3v) is 0. The number of rotatable bonds is 0. The van der Waals surface area contributed by atoms with Gasteiger partial charge < -0.3 is 0 Å². The SMILES string of the molecule is ClB(Cl)Cl.[Ni]. The van der Waals surface area contributed by atoms with Gasteiger partial charge in [-0.15, -0.1) is 0 Å². The van der Waals surface area contributed by atoms with E-state index in [4.69, 9.17) is 34.4 Å². The smallest absolute Gasteiger partial charge is 0.150 e. The van der Waals surface area contributed by atoms with Crippen LogP contribution < -0.4 is 0 Å². The molecule has 0 saturated heterocycles. The van der Waals surface area contributed by atoms with Gasteiger partial charge in [-0.05, 0) is 0 Å². The number of hydrogen-bond acceptors (Lipinski definition) is 0. The van der Waals surface area contributed by atoms with Crippen LogP contribution in [-0.4, -0.2) is 4.96 Å². The van der Waals surface area contributed by atoms with Crippen molar-refractivity contribution in [3.63, 3.8) is 0 Å². The zero-order chi connectivity index (χ0) is 3.58. The second-order valence-electron chi connectivity index (χ2n) is 0.247. The quantitative estimate of drug-likeness (QED) is 0.492. The first-order valence-corrected chi connectivity index (χ1v) is 1.96. The second kappa shape index (κ2) is 5.43. The van der Waals surface area contributed by atoms with E-state index in [9.17, 15) is 0 Å². The molecule has 34 valence electrons. The van der Waals surface area contributed by atoms with Crippen molar-refractivity contribution in [2.24, 2.45) is 0 Å². The zero-order valence-electron chi connectivity index (χ0n) is 2.03. The third kappa shape index (κ3) is 31.3. The second-order valence-corrected chi connectivity index (χ2v) is 2.23. The maximum atomic E-state index is 4.81. The Bertz CT molecular complexity index is 11.6. The Balaban J connectivity index is 0. The molecule has 0 aliphatic rings. The molecule has 5 heteroatoms. The van der Waals surface area contributed by atoms with Gasteiger partial charge in [0.15, 0.2) is 0 Å². The molecule has 0 radical (unpaired) electrons. The van der Waals surface area contributed by atoms with Gasteiger partial charge in [0.25, 0.3) is 0 Å². The molecule has 5 heavy (non-hydrogen) atoms. The summed E-state index contributed by atoms with van der Waals surface area (Å²) in [5.74, 6) is 0. The molecule has 0 N–H and O–H groups in total. The minimum Gasteiger partial charge on any atom is -0.150 e. The monoisotopic (exact) mass is 174 g/mol. The van der Waals surface area contributed by atoms with Crippen LogP contribution in [0.15, 0.2) is 0 Å². The summed E-state index contributed by atoms with van der Waals surface area (Å²) >= 11 is 14.4. The van der Waals surface area contributed by atoms with Gasteiger partial charge in [-0.2, -0.15) is 34.4 Å². The summed E-state index contributed by atoms with van der Waals surface area (Å²) in [5, 5.41) is 0. The van der Waals surface area contributed by atoms with Crippen molar-refractivity contribution in [1.29, 1.82) is 0 Å². The summed E-state index contributed by atoms with van der Waals surface area (Å²) in [6.07, 6.45) is 0. The molecule has 0 unspecified atom stereocenters. The fourth-order valence-electron chi connectivity index (χ4n) is 0. The van der Waals surface area contributed by atoms with Gasteiger partial charge in [-0.3, -0.25) is 0 Å². The Kier molecular flexibility index (Phi) is 10.5. The van der Waals surface area contributed by atoms with Crippen LogP contribution in [0, 0.1) is 0 Å². The van der Waals surface area contributed by atoms with Gasteiger partial charge in [-0.1, -0.05) is 0 Å². The molecule has 0 bridgehead atoms. The molecular weight excluding hydrogens is 176 g/mol. The molecule has 0 fully saturated rings. The van der Waals surface area contributed by atoms with E-state index in [-0.39, 0.29) is 16.5 Å². The van der Waals surface area contributed by atoms with Crippen molar-refractivity contribution in [1.82, 2.24) is 0 Å². The summed E-state index contributed by atoms with van der Waals surface area (Å²) < 4.78 is 0. The van der Waals surface area contributed by atoms with Crippen LogP contribution in [0.2, 0.25) is 0 Å². The largest absolute Gasteiger partial charge is 0.450 e. The van der Waals surface area contributed by atoms with E-state index in [1.54, 1.807) is 0 Å². The molecule has 0 aromatic rings. The molecule has 0 atom stereocenters. The van der Waals surface area contributed by atoms with Gasteiger partial charge in [0.2, 0.25) is 0 Å². The Labute approximate surface area is 55.9 Å². The van der Waals surface area contributed by atoms with Gasteiger partial charge in [0.1, 0.15) is 0 Å². The van der Waals surface area contributed by atoms with Crippen LogP contribution in [-0.2, 0) is 16.5 Å². The Morgan fingerprint density at radius 3 is 1.00 bits per heavy atom. The van der Waals surface area contributed by atoms with Crippen molar-refractivity contribution >= 4 is 39.3 Å². The molecular formula is BCl3Ni. The standard InChI is InChI=1S/BCl3.Ni/c2-1(3)4;. The summed E-state index contributed by atoms with van der Waals surface area (Å²) in [4.78, 5) is -0.750. The van der Waals surface area contributed by atoms with Crippen LogP contribution in [0.3, 0.4) is 0 Å². The van der Waals surface area contributed by atoms with Crippen LogP contribution in [0.4, 0.5) is 0 Å². The molecule has 0 aliphatic carbocycles. The van der Waals surface area contributed by atoms with Crippen molar-refractivity contribution in [3.05, 3.63) is 0 Å². The van der Waals surface area contributed by atoms with E-state index < -0.39 is 4.96 Å². The predicted octanol–water partition coefficient (Wildman–Crippen LogP) is 1.69. The summed E-state index contributed by atoms with van der Waals surface area (Å²) in [7, 11) is 0. The molecule has 0 spiro atoms. The Morgan fingerprint density at radius 1 is 1.00 bits per heavy atom. The maximum absolute atomic E-state index is 4.81. The van der Waals surface area contributed by atoms with Gasteiger partial charge in [0.05, 0.1) is 0 Å². The molecule has 0 aromatic carbocycles. The Morgan fingerprint density at radius 2 is 1.00 bits per heavy atom. The van der Waals surface area contributed by atoms with Crippen molar-refractivity contribution < 1.29 is 16.5 Å². The van der Waals surface area contributed by atoms with E-state index >= 15 is 0 Å². The van der Waals surface area contributed by atoms with E-state index in [2.05, 4.69) is 0 Å². The summed E-state index contributed by atoms with van der Waals surface area (Å²) in [6, 6.07) is 0. The third-order valence-electron chi connectivity index (χ3n) is 0. The van der Waals surface area contributed by atoms with Gasteiger partial charge >= 0.3 is 4.96 Å². The van der Waals surface area contributed by atoms with E-state index in [1.807, 2.05) is 0 Å². The molecule has 0 rings (SSSR count). The van der Waals surface area contributed by atoms with E-state index in [0.717, 1.165) is 0 Å². The van der Waals surface area contributed by atoms with Crippen LogP contribution in [0.25, 0.3) is 0 Å². The Hall–Kier alpha value is 1.43. The topological polar surface area (TPSA) is 0 Å². The van der Waals surface area contributed by atoms with Crippen LogP contribution in [0.5, 0.6) is 0 Å². The maximum Gasteiger partial charge on any atom is 0.450 e. The average Bonchev–Trinajstić information content (AvgIpc) is 0.811. The van der Waals surface area contributed by atoms with Crippen LogP contribution in [0.1, 0.15) is 0 Å². The molecule has 0 nitrogen and oxygen atoms in total.